The molecular weight excluding hydrogens is 286 g/mol. The quantitative estimate of drug-likeness (QED) is 0.833. The molecule has 104 valence electrons. The maximum atomic E-state index is 12.4. The molecule has 0 saturated carbocycles. The van der Waals surface area contributed by atoms with Crippen molar-refractivity contribution in [2.45, 2.75) is 11.7 Å². The van der Waals surface area contributed by atoms with Gasteiger partial charge in [0.05, 0.1) is 4.88 Å². The molecule has 2 aromatic rings. The summed E-state index contributed by atoms with van der Waals surface area (Å²) in [6.45, 7) is 1.70. The molecule has 1 aliphatic rings. The highest BCUT2D eigenvalue weighted by Gasteiger charge is 2.23. The number of thiophene rings is 1. The number of hydrogen-bond acceptors (Lipinski definition) is 3. The van der Waals surface area contributed by atoms with Gasteiger partial charge in [-0.3, -0.25) is 4.79 Å². The van der Waals surface area contributed by atoms with Crippen LogP contribution in [-0.2, 0) is 0 Å². The Morgan fingerprint density at radius 3 is 2.70 bits per heavy atom. The zero-order valence-electron chi connectivity index (χ0n) is 11.2. The van der Waals surface area contributed by atoms with E-state index in [9.17, 15) is 4.79 Å². The van der Waals surface area contributed by atoms with Gasteiger partial charge in [-0.2, -0.15) is 11.8 Å². The fraction of sp³-hybridized carbons (Fsp3) is 0.312. The molecule has 1 atom stereocenters. The van der Waals surface area contributed by atoms with Gasteiger partial charge >= 0.3 is 0 Å². The SMILES string of the molecule is O=C(c1cccs1)N1CCSC(c2ccccc2)CC1. The summed E-state index contributed by atoms with van der Waals surface area (Å²) in [6, 6.07) is 14.5. The lowest BCUT2D eigenvalue weighted by atomic mass is 10.1. The highest BCUT2D eigenvalue weighted by Crippen LogP contribution is 2.34. The molecule has 0 bridgehead atoms. The largest absolute Gasteiger partial charge is 0.337 e. The molecule has 0 radical (unpaired) electrons. The van der Waals surface area contributed by atoms with Crippen LogP contribution in [0.25, 0.3) is 0 Å². The number of rotatable bonds is 2. The Morgan fingerprint density at radius 1 is 1.10 bits per heavy atom. The molecule has 1 amide bonds. The molecule has 2 nitrogen and oxygen atoms in total. The molecule has 1 aromatic heterocycles. The number of benzene rings is 1. The summed E-state index contributed by atoms with van der Waals surface area (Å²) in [7, 11) is 0. The normalized spacial score (nSPS) is 19.6. The predicted molar refractivity (Wildman–Crippen MR) is 86.5 cm³/mol. The summed E-state index contributed by atoms with van der Waals surface area (Å²) >= 11 is 3.50. The third-order valence-electron chi connectivity index (χ3n) is 3.53. The Bertz CT molecular complexity index is 553. The molecule has 20 heavy (non-hydrogen) atoms. The van der Waals surface area contributed by atoms with E-state index in [4.69, 9.17) is 0 Å². The second-order valence-electron chi connectivity index (χ2n) is 4.83. The molecule has 4 heteroatoms. The third-order valence-corrected chi connectivity index (χ3v) is 5.72. The second kappa shape index (κ2) is 6.46. The van der Waals surface area contributed by atoms with Gasteiger partial charge in [0.25, 0.3) is 5.91 Å². The molecule has 3 rings (SSSR count). The summed E-state index contributed by atoms with van der Waals surface area (Å²) < 4.78 is 0. The van der Waals surface area contributed by atoms with Crippen LogP contribution >= 0.6 is 23.1 Å². The molecule has 1 aliphatic heterocycles. The lowest BCUT2D eigenvalue weighted by Gasteiger charge is -2.19. The van der Waals surface area contributed by atoms with Crippen molar-refractivity contribution >= 4 is 29.0 Å². The van der Waals surface area contributed by atoms with Crippen LogP contribution in [-0.4, -0.2) is 29.6 Å². The van der Waals surface area contributed by atoms with Crippen LogP contribution in [0.4, 0.5) is 0 Å². The van der Waals surface area contributed by atoms with E-state index >= 15 is 0 Å². The maximum absolute atomic E-state index is 12.4. The first-order valence-electron chi connectivity index (χ1n) is 6.84. The maximum Gasteiger partial charge on any atom is 0.263 e. The van der Waals surface area contributed by atoms with Gasteiger partial charge in [0.15, 0.2) is 0 Å². The summed E-state index contributed by atoms with van der Waals surface area (Å²) in [5.74, 6) is 1.20. The summed E-state index contributed by atoms with van der Waals surface area (Å²) in [4.78, 5) is 15.2. The summed E-state index contributed by atoms with van der Waals surface area (Å²) in [5.41, 5.74) is 1.38. The van der Waals surface area contributed by atoms with Gasteiger partial charge in [0, 0.05) is 24.1 Å². The van der Waals surface area contributed by atoms with Crippen LogP contribution in [0, 0.1) is 0 Å². The molecule has 0 N–H and O–H groups in total. The van der Waals surface area contributed by atoms with E-state index in [0.717, 1.165) is 30.1 Å². The number of carbonyl (C=O) groups is 1. The van der Waals surface area contributed by atoms with E-state index in [2.05, 4.69) is 30.3 Å². The Morgan fingerprint density at radius 2 is 1.95 bits per heavy atom. The van der Waals surface area contributed by atoms with E-state index < -0.39 is 0 Å². The number of thioether (sulfide) groups is 1. The minimum absolute atomic E-state index is 0.189. The topological polar surface area (TPSA) is 20.3 Å². The molecule has 0 aliphatic carbocycles. The first-order valence-corrected chi connectivity index (χ1v) is 8.77. The van der Waals surface area contributed by atoms with Crippen LogP contribution in [0.2, 0.25) is 0 Å². The average Bonchev–Trinajstić information content (AvgIpc) is 2.92. The van der Waals surface area contributed by atoms with Crippen LogP contribution in [0.15, 0.2) is 47.8 Å². The molecular formula is C16H17NOS2. The van der Waals surface area contributed by atoms with Crippen molar-refractivity contribution in [1.82, 2.24) is 4.90 Å². The minimum atomic E-state index is 0.189. The van der Waals surface area contributed by atoms with Crippen molar-refractivity contribution in [1.29, 1.82) is 0 Å². The van der Waals surface area contributed by atoms with Gasteiger partial charge in [0.1, 0.15) is 0 Å². The molecule has 1 aromatic carbocycles. The number of hydrogen-bond donors (Lipinski definition) is 0. The minimum Gasteiger partial charge on any atom is -0.337 e. The molecule has 2 heterocycles. The number of carbonyl (C=O) groups excluding carboxylic acids is 1. The Kier molecular flexibility index (Phi) is 4.43. The highest BCUT2D eigenvalue weighted by atomic mass is 32.2. The van der Waals surface area contributed by atoms with Gasteiger partial charge in [0.2, 0.25) is 0 Å². The standard InChI is InChI=1S/C16H17NOS2/c18-16(15-7-4-11-19-15)17-9-8-14(20-12-10-17)13-5-2-1-3-6-13/h1-7,11,14H,8-10,12H2. The Labute approximate surface area is 127 Å². The number of amides is 1. The van der Waals surface area contributed by atoms with Crippen molar-refractivity contribution < 1.29 is 4.79 Å². The molecule has 1 fully saturated rings. The summed E-state index contributed by atoms with van der Waals surface area (Å²) in [5, 5.41) is 2.48. The fourth-order valence-electron chi connectivity index (χ4n) is 2.46. The molecule has 1 saturated heterocycles. The zero-order valence-corrected chi connectivity index (χ0v) is 12.8. The van der Waals surface area contributed by atoms with Gasteiger partial charge in [-0.25, -0.2) is 0 Å². The first kappa shape index (κ1) is 13.7. The zero-order chi connectivity index (χ0) is 13.8. The van der Waals surface area contributed by atoms with Crippen LogP contribution < -0.4 is 0 Å². The Balaban J connectivity index is 1.67. The highest BCUT2D eigenvalue weighted by molar-refractivity contribution is 7.99. The fourth-order valence-corrected chi connectivity index (χ4v) is 4.39. The molecule has 0 spiro atoms. The van der Waals surface area contributed by atoms with E-state index in [0.29, 0.717) is 5.25 Å². The lowest BCUT2D eigenvalue weighted by Crippen LogP contribution is -2.32. The van der Waals surface area contributed by atoms with E-state index in [1.165, 1.54) is 16.9 Å². The van der Waals surface area contributed by atoms with E-state index in [1.54, 1.807) is 0 Å². The van der Waals surface area contributed by atoms with Crippen LogP contribution in [0.1, 0.15) is 26.9 Å². The van der Waals surface area contributed by atoms with Crippen LogP contribution in [0.3, 0.4) is 0 Å². The van der Waals surface area contributed by atoms with Crippen molar-refractivity contribution in [3.63, 3.8) is 0 Å². The monoisotopic (exact) mass is 303 g/mol. The van der Waals surface area contributed by atoms with Crippen molar-refractivity contribution in [3.8, 4) is 0 Å². The Hall–Kier alpha value is -1.26. The van der Waals surface area contributed by atoms with E-state index in [1.807, 2.05) is 34.2 Å². The predicted octanol–water partition coefficient (Wildman–Crippen LogP) is 4.07. The smallest absolute Gasteiger partial charge is 0.263 e. The molecule has 1 unspecified atom stereocenters. The van der Waals surface area contributed by atoms with Crippen LogP contribution in [0.5, 0.6) is 0 Å². The summed E-state index contributed by atoms with van der Waals surface area (Å²) in [6.07, 6.45) is 1.03. The van der Waals surface area contributed by atoms with Gasteiger partial charge < -0.3 is 4.90 Å². The van der Waals surface area contributed by atoms with E-state index in [-0.39, 0.29) is 5.91 Å². The van der Waals surface area contributed by atoms with Gasteiger partial charge in [-0.15, -0.1) is 11.3 Å². The number of nitrogens with zero attached hydrogens (tertiary/aromatic N) is 1. The third kappa shape index (κ3) is 3.07. The van der Waals surface area contributed by atoms with Crippen molar-refractivity contribution in [3.05, 3.63) is 58.3 Å². The van der Waals surface area contributed by atoms with Gasteiger partial charge in [-0.05, 0) is 23.4 Å². The van der Waals surface area contributed by atoms with Gasteiger partial charge in [-0.1, -0.05) is 36.4 Å². The second-order valence-corrected chi connectivity index (χ2v) is 7.09. The van der Waals surface area contributed by atoms with Crippen molar-refractivity contribution in [2.75, 3.05) is 18.8 Å². The average molecular weight is 303 g/mol. The first-order chi connectivity index (χ1) is 9.84. The van der Waals surface area contributed by atoms with Crippen molar-refractivity contribution in [2.24, 2.45) is 0 Å². The lowest BCUT2D eigenvalue weighted by molar-refractivity contribution is 0.0771.